The zero-order valence-electron chi connectivity index (χ0n) is 17.4. The number of phosphoric acid groups is 1. The normalized spacial score (nSPS) is 12.7. The minimum Gasteiger partial charge on any atom is -0.395 e. The maximum Gasteiger partial charge on any atom is 0.587 e. The molecule has 0 saturated carbocycles. The van der Waals surface area contributed by atoms with Crippen LogP contribution in [0.3, 0.4) is 0 Å². The van der Waals surface area contributed by atoms with Crippen molar-refractivity contribution in [2.45, 2.75) is 59.3 Å². The molecule has 148 valence electrons. The molecule has 0 aliphatic heterocycles. The molecule has 2 aromatic rings. The van der Waals surface area contributed by atoms with Gasteiger partial charge in [0.05, 0.1) is 6.61 Å². The summed E-state index contributed by atoms with van der Waals surface area (Å²) in [6.45, 7) is 14.8. The number of phosphoric ester groups is 1. The smallest absolute Gasteiger partial charge is 0.395 e. The average Bonchev–Trinajstić information content (AvgIpc) is 2.54. The standard InChI is InChI=1S/C22H31O4P/c1-8-24-27(23,25-19-13-9-17(10-14-19)21(2,3)4)26-20-15-11-18(12-16-20)22(5,6)7/h9-16H,8H2,1-7H3. The topological polar surface area (TPSA) is 44.8 Å². The van der Waals surface area contributed by atoms with Crippen LogP contribution in [0, 0.1) is 0 Å². The van der Waals surface area contributed by atoms with Crippen molar-refractivity contribution in [1.29, 1.82) is 0 Å². The van der Waals surface area contributed by atoms with Gasteiger partial charge in [-0.3, -0.25) is 4.52 Å². The van der Waals surface area contributed by atoms with E-state index in [1.807, 2.05) is 24.3 Å². The van der Waals surface area contributed by atoms with Crippen molar-refractivity contribution < 1.29 is 18.1 Å². The molecule has 0 amide bonds. The second-order valence-electron chi connectivity index (χ2n) is 8.60. The first-order chi connectivity index (χ1) is 12.4. The van der Waals surface area contributed by atoms with E-state index in [-0.39, 0.29) is 17.4 Å². The Balaban J connectivity index is 2.18. The van der Waals surface area contributed by atoms with E-state index < -0.39 is 7.82 Å². The zero-order valence-corrected chi connectivity index (χ0v) is 18.3. The summed E-state index contributed by atoms with van der Waals surface area (Å²) in [6, 6.07) is 15.0. The lowest BCUT2D eigenvalue weighted by Gasteiger charge is -2.22. The molecule has 0 fully saturated rings. The lowest BCUT2D eigenvalue weighted by atomic mass is 9.87. The van der Waals surface area contributed by atoms with Crippen molar-refractivity contribution in [3.05, 3.63) is 59.7 Å². The quantitative estimate of drug-likeness (QED) is 0.504. The minimum absolute atomic E-state index is 0.0352. The van der Waals surface area contributed by atoms with E-state index in [9.17, 15) is 4.57 Å². The van der Waals surface area contributed by atoms with E-state index in [2.05, 4.69) is 41.5 Å². The Morgan fingerprint density at radius 1 is 0.704 bits per heavy atom. The Hall–Kier alpha value is -1.77. The molecule has 2 rings (SSSR count). The molecule has 5 heteroatoms. The van der Waals surface area contributed by atoms with Crippen LogP contribution < -0.4 is 9.05 Å². The van der Waals surface area contributed by atoms with Crippen LogP contribution >= 0.6 is 7.82 Å². The van der Waals surface area contributed by atoms with Crippen molar-refractivity contribution in [2.24, 2.45) is 0 Å². The molecule has 0 N–H and O–H groups in total. The Kier molecular flexibility index (Phi) is 6.44. The van der Waals surface area contributed by atoms with Crippen LogP contribution in [0.5, 0.6) is 11.5 Å². The van der Waals surface area contributed by atoms with Gasteiger partial charge >= 0.3 is 7.82 Å². The molecule has 0 unspecified atom stereocenters. The number of hydrogen-bond acceptors (Lipinski definition) is 4. The summed E-state index contributed by atoms with van der Waals surface area (Å²) in [4.78, 5) is 0. The van der Waals surface area contributed by atoms with E-state index in [4.69, 9.17) is 13.6 Å². The van der Waals surface area contributed by atoms with E-state index in [1.165, 1.54) is 11.1 Å². The van der Waals surface area contributed by atoms with Gasteiger partial charge < -0.3 is 9.05 Å². The Bertz CT molecular complexity index is 718. The van der Waals surface area contributed by atoms with Crippen LogP contribution in [0.25, 0.3) is 0 Å². The first kappa shape index (κ1) is 21.5. The van der Waals surface area contributed by atoms with Gasteiger partial charge in [0.1, 0.15) is 11.5 Å². The second kappa shape index (κ2) is 8.08. The van der Waals surface area contributed by atoms with Crippen LogP contribution in [0.1, 0.15) is 59.6 Å². The molecular weight excluding hydrogens is 359 g/mol. The summed E-state index contributed by atoms with van der Waals surface area (Å²) >= 11 is 0. The monoisotopic (exact) mass is 390 g/mol. The molecule has 0 atom stereocenters. The van der Waals surface area contributed by atoms with Gasteiger partial charge in [0.2, 0.25) is 0 Å². The SMILES string of the molecule is CCOP(=O)(Oc1ccc(C(C)(C)C)cc1)Oc1ccc(C(C)(C)C)cc1. The molecule has 0 aliphatic carbocycles. The molecule has 0 aromatic heterocycles. The Morgan fingerprint density at radius 2 is 1.04 bits per heavy atom. The highest BCUT2D eigenvalue weighted by Crippen LogP contribution is 2.49. The maximum atomic E-state index is 13.0. The van der Waals surface area contributed by atoms with E-state index in [0.29, 0.717) is 11.5 Å². The molecule has 4 nitrogen and oxygen atoms in total. The van der Waals surface area contributed by atoms with Crippen molar-refractivity contribution in [3.63, 3.8) is 0 Å². The minimum atomic E-state index is -3.77. The summed E-state index contributed by atoms with van der Waals surface area (Å²) in [5.41, 5.74) is 2.40. The van der Waals surface area contributed by atoms with Crippen LogP contribution in [-0.4, -0.2) is 6.61 Å². The number of rotatable bonds is 6. The van der Waals surface area contributed by atoms with Crippen LogP contribution in [-0.2, 0) is 19.9 Å². The Morgan fingerprint density at radius 3 is 1.30 bits per heavy atom. The van der Waals surface area contributed by atoms with Crippen molar-refractivity contribution in [2.75, 3.05) is 6.61 Å². The highest BCUT2D eigenvalue weighted by atomic mass is 31.2. The van der Waals surface area contributed by atoms with Crippen molar-refractivity contribution in [3.8, 4) is 11.5 Å². The third-order valence-electron chi connectivity index (χ3n) is 4.16. The molecule has 0 aliphatic rings. The summed E-state index contributed by atoms with van der Waals surface area (Å²) in [7, 11) is -3.77. The van der Waals surface area contributed by atoms with Gasteiger partial charge in [-0.05, 0) is 53.1 Å². The summed E-state index contributed by atoms with van der Waals surface area (Å²) in [6.07, 6.45) is 0. The molecule has 0 bridgehead atoms. The number of hydrogen-bond donors (Lipinski definition) is 0. The molecule has 0 saturated heterocycles. The first-order valence-electron chi connectivity index (χ1n) is 9.28. The van der Waals surface area contributed by atoms with Crippen LogP contribution in [0.15, 0.2) is 48.5 Å². The fourth-order valence-electron chi connectivity index (χ4n) is 2.52. The van der Waals surface area contributed by atoms with Gasteiger partial charge in [-0.1, -0.05) is 65.8 Å². The van der Waals surface area contributed by atoms with Gasteiger partial charge in [-0.25, -0.2) is 4.57 Å². The average molecular weight is 390 g/mol. The first-order valence-corrected chi connectivity index (χ1v) is 10.7. The lowest BCUT2D eigenvalue weighted by Crippen LogP contribution is -2.11. The molecule has 0 heterocycles. The highest BCUT2D eigenvalue weighted by Gasteiger charge is 2.30. The largest absolute Gasteiger partial charge is 0.587 e. The van der Waals surface area contributed by atoms with E-state index >= 15 is 0 Å². The summed E-state index contributed by atoms with van der Waals surface area (Å²) in [5.74, 6) is 0.900. The molecule has 2 aromatic carbocycles. The van der Waals surface area contributed by atoms with Gasteiger partial charge in [-0.2, -0.15) is 0 Å². The Labute approximate surface area is 163 Å². The van der Waals surface area contributed by atoms with Gasteiger partial charge in [0, 0.05) is 0 Å². The fraction of sp³-hybridized carbons (Fsp3) is 0.455. The third kappa shape index (κ3) is 6.12. The summed E-state index contributed by atoms with van der Waals surface area (Å²) in [5, 5.41) is 0. The molecule has 0 radical (unpaired) electrons. The predicted molar refractivity (Wildman–Crippen MR) is 111 cm³/mol. The van der Waals surface area contributed by atoms with Crippen molar-refractivity contribution in [1.82, 2.24) is 0 Å². The van der Waals surface area contributed by atoms with Gasteiger partial charge in [0.15, 0.2) is 0 Å². The fourth-order valence-corrected chi connectivity index (χ4v) is 3.74. The van der Waals surface area contributed by atoms with Crippen molar-refractivity contribution >= 4 is 7.82 Å². The van der Waals surface area contributed by atoms with Crippen LogP contribution in [0.2, 0.25) is 0 Å². The molecular formula is C22H31O4P. The van der Waals surface area contributed by atoms with Gasteiger partial charge in [0.25, 0.3) is 0 Å². The van der Waals surface area contributed by atoms with E-state index in [0.717, 1.165) is 0 Å². The predicted octanol–water partition coefficient (Wildman–Crippen LogP) is 6.88. The summed E-state index contributed by atoms with van der Waals surface area (Å²) < 4.78 is 29.6. The molecule has 27 heavy (non-hydrogen) atoms. The van der Waals surface area contributed by atoms with Crippen LogP contribution in [0.4, 0.5) is 0 Å². The van der Waals surface area contributed by atoms with E-state index in [1.54, 1.807) is 31.2 Å². The maximum absolute atomic E-state index is 13.0. The van der Waals surface area contributed by atoms with Gasteiger partial charge in [-0.15, -0.1) is 0 Å². The molecule has 0 spiro atoms. The lowest BCUT2D eigenvalue weighted by molar-refractivity contribution is 0.219. The third-order valence-corrected chi connectivity index (χ3v) is 5.61. The zero-order chi connectivity index (χ0) is 20.3. The second-order valence-corrected chi connectivity index (χ2v) is 10.1. The highest BCUT2D eigenvalue weighted by molar-refractivity contribution is 7.49. The number of benzene rings is 2.